The van der Waals surface area contributed by atoms with Crippen molar-refractivity contribution in [2.24, 2.45) is 0 Å². The highest BCUT2D eigenvalue weighted by Gasteiger charge is 2.18. The van der Waals surface area contributed by atoms with Gasteiger partial charge in [0.2, 0.25) is 5.91 Å². The first-order valence-corrected chi connectivity index (χ1v) is 6.25. The van der Waals surface area contributed by atoms with Crippen molar-refractivity contribution in [2.45, 2.75) is 52.0 Å². The molecule has 0 aromatic heterocycles. The Bertz CT molecular complexity index is 194. The zero-order valence-electron chi connectivity index (χ0n) is 10.1. The second kappa shape index (κ2) is 6.83. The third kappa shape index (κ3) is 4.65. The minimum atomic E-state index is 0.344. The van der Waals surface area contributed by atoms with Crippen molar-refractivity contribution in [2.75, 3.05) is 19.6 Å². The van der Waals surface area contributed by atoms with E-state index in [0.29, 0.717) is 11.9 Å². The standard InChI is InChI=1S/C12H24N2O/c1-3-6-11(2)13-8-5-10-14-9-4-7-12(14)15/h11,13H,3-10H2,1-2H3. The second-order valence-electron chi connectivity index (χ2n) is 4.48. The van der Waals surface area contributed by atoms with Crippen LogP contribution >= 0.6 is 0 Å². The SMILES string of the molecule is CCCC(C)NCCCN1CCCC1=O. The van der Waals surface area contributed by atoms with Crippen LogP contribution in [0.25, 0.3) is 0 Å². The molecule has 1 fully saturated rings. The third-order valence-electron chi connectivity index (χ3n) is 2.99. The monoisotopic (exact) mass is 212 g/mol. The summed E-state index contributed by atoms with van der Waals surface area (Å²) in [5, 5.41) is 3.48. The summed E-state index contributed by atoms with van der Waals surface area (Å²) in [6.07, 6.45) is 5.37. The molecule has 1 N–H and O–H groups in total. The first kappa shape index (κ1) is 12.5. The molecule has 1 saturated heterocycles. The minimum Gasteiger partial charge on any atom is -0.343 e. The molecule has 3 heteroatoms. The number of amides is 1. The van der Waals surface area contributed by atoms with Gasteiger partial charge < -0.3 is 10.2 Å². The number of nitrogens with one attached hydrogen (secondary N) is 1. The maximum Gasteiger partial charge on any atom is 0.222 e. The molecular weight excluding hydrogens is 188 g/mol. The van der Waals surface area contributed by atoms with Crippen molar-refractivity contribution in [1.29, 1.82) is 0 Å². The highest BCUT2D eigenvalue weighted by atomic mass is 16.2. The summed E-state index contributed by atoms with van der Waals surface area (Å²) in [7, 11) is 0. The van der Waals surface area contributed by atoms with E-state index in [2.05, 4.69) is 19.2 Å². The number of hydrogen-bond donors (Lipinski definition) is 1. The number of carbonyl (C=O) groups excluding carboxylic acids is 1. The molecule has 1 rings (SSSR count). The van der Waals surface area contributed by atoms with Gasteiger partial charge in [0.25, 0.3) is 0 Å². The van der Waals surface area contributed by atoms with Crippen LogP contribution in [0.1, 0.15) is 46.0 Å². The Morgan fingerprint density at radius 1 is 1.53 bits per heavy atom. The Hall–Kier alpha value is -0.570. The molecule has 1 aliphatic rings. The van der Waals surface area contributed by atoms with E-state index in [1.807, 2.05) is 4.90 Å². The summed E-state index contributed by atoms with van der Waals surface area (Å²) in [5.74, 6) is 0.344. The Kier molecular flexibility index (Phi) is 5.69. The van der Waals surface area contributed by atoms with Crippen LogP contribution in [0, 0.1) is 0 Å². The van der Waals surface area contributed by atoms with E-state index < -0.39 is 0 Å². The lowest BCUT2D eigenvalue weighted by Crippen LogP contribution is -2.31. The fourth-order valence-corrected chi connectivity index (χ4v) is 2.09. The second-order valence-corrected chi connectivity index (χ2v) is 4.48. The molecule has 3 nitrogen and oxygen atoms in total. The van der Waals surface area contributed by atoms with E-state index in [0.717, 1.165) is 38.9 Å². The van der Waals surface area contributed by atoms with Gasteiger partial charge in [0.1, 0.15) is 0 Å². The van der Waals surface area contributed by atoms with Crippen molar-refractivity contribution >= 4 is 5.91 Å². The van der Waals surface area contributed by atoms with Gasteiger partial charge in [-0.1, -0.05) is 13.3 Å². The zero-order valence-corrected chi connectivity index (χ0v) is 10.1. The zero-order chi connectivity index (χ0) is 11.1. The average Bonchev–Trinajstić information content (AvgIpc) is 2.60. The fraction of sp³-hybridized carbons (Fsp3) is 0.917. The van der Waals surface area contributed by atoms with Gasteiger partial charge >= 0.3 is 0 Å². The van der Waals surface area contributed by atoms with E-state index >= 15 is 0 Å². The molecule has 88 valence electrons. The van der Waals surface area contributed by atoms with Crippen molar-refractivity contribution in [3.8, 4) is 0 Å². The normalized spacial score (nSPS) is 18.5. The molecule has 15 heavy (non-hydrogen) atoms. The van der Waals surface area contributed by atoms with Crippen molar-refractivity contribution in [3.05, 3.63) is 0 Å². The molecular formula is C12H24N2O. The number of likely N-dealkylation sites (tertiary alicyclic amines) is 1. The summed E-state index contributed by atoms with van der Waals surface area (Å²) >= 11 is 0. The van der Waals surface area contributed by atoms with E-state index in [9.17, 15) is 4.79 Å². The molecule has 0 aromatic rings. The molecule has 0 radical (unpaired) electrons. The van der Waals surface area contributed by atoms with Crippen LogP contribution in [0.3, 0.4) is 0 Å². The maximum absolute atomic E-state index is 11.3. The van der Waals surface area contributed by atoms with Crippen molar-refractivity contribution < 1.29 is 4.79 Å². The van der Waals surface area contributed by atoms with Gasteiger partial charge in [-0.3, -0.25) is 4.79 Å². The quantitative estimate of drug-likeness (QED) is 0.652. The highest BCUT2D eigenvalue weighted by Crippen LogP contribution is 2.09. The van der Waals surface area contributed by atoms with Gasteiger partial charge in [0, 0.05) is 25.6 Å². The van der Waals surface area contributed by atoms with Gasteiger partial charge in [-0.15, -0.1) is 0 Å². The van der Waals surface area contributed by atoms with Crippen molar-refractivity contribution in [3.63, 3.8) is 0 Å². The smallest absolute Gasteiger partial charge is 0.222 e. The lowest BCUT2D eigenvalue weighted by atomic mass is 10.2. The maximum atomic E-state index is 11.3. The van der Waals surface area contributed by atoms with E-state index in [1.165, 1.54) is 12.8 Å². The topological polar surface area (TPSA) is 32.3 Å². The fourth-order valence-electron chi connectivity index (χ4n) is 2.09. The minimum absolute atomic E-state index is 0.344. The van der Waals surface area contributed by atoms with E-state index in [1.54, 1.807) is 0 Å². The average molecular weight is 212 g/mol. The van der Waals surface area contributed by atoms with Crippen LogP contribution in [0.15, 0.2) is 0 Å². The van der Waals surface area contributed by atoms with Crippen molar-refractivity contribution in [1.82, 2.24) is 10.2 Å². The van der Waals surface area contributed by atoms with E-state index in [-0.39, 0.29) is 0 Å². The van der Waals surface area contributed by atoms with Crippen LogP contribution in [-0.4, -0.2) is 36.5 Å². The van der Waals surface area contributed by atoms with Crippen LogP contribution in [-0.2, 0) is 4.79 Å². The lowest BCUT2D eigenvalue weighted by Gasteiger charge is -2.17. The Morgan fingerprint density at radius 2 is 2.33 bits per heavy atom. The Morgan fingerprint density at radius 3 is 2.93 bits per heavy atom. The number of hydrogen-bond acceptors (Lipinski definition) is 2. The van der Waals surface area contributed by atoms with Crippen LogP contribution in [0.4, 0.5) is 0 Å². The Labute approximate surface area is 93.2 Å². The number of rotatable bonds is 7. The molecule has 0 aliphatic carbocycles. The largest absolute Gasteiger partial charge is 0.343 e. The molecule has 0 bridgehead atoms. The summed E-state index contributed by atoms with van der Waals surface area (Å²) in [6, 6.07) is 0.615. The lowest BCUT2D eigenvalue weighted by molar-refractivity contribution is -0.127. The van der Waals surface area contributed by atoms with Crippen LogP contribution in [0.2, 0.25) is 0 Å². The van der Waals surface area contributed by atoms with Crippen LogP contribution in [0.5, 0.6) is 0 Å². The molecule has 1 aliphatic heterocycles. The van der Waals surface area contributed by atoms with Gasteiger partial charge in [-0.25, -0.2) is 0 Å². The predicted octanol–water partition coefficient (Wildman–Crippen LogP) is 1.78. The first-order chi connectivity index (χ1) is 7.24. The number of nitrogens with zero attached hydrogens (tertiary/aromatic N) is 1. The van der Waals surface area contributed by atoms with Gasteiger partial charge in [-0.2, -0.15) is 0 Å². The van der Waals surface area contributed by atoms with Crippen LogP contribution < -0.4 is 5.32 Å². The third-order valence-corrected chi connectivity index (χ3v) is 2.99. The van der Waals surface area contributed by atoms with Gasteiger partial charge in [0.05, 0.1) is 0 Å². The molecule has 0 aromatic carbocycles. The molecule has 1 amide bonds. The summed E-state index contributed by atoms with van der Waals surface area (Å²) in [4.78, 5) is 13.3. The first-order valence-electron chi connectivity index (χ1n) is 6.25. The molecule has 1 heterocycles. The summed E-state index contributed by atoms with van der Waals surface area (Å²) < 4.78 is 0. The van der Waals surface area contributed by atoms with E-state index in [4.69, 9.17) is 0 Å². The predicted molar refractivity (Wildman–Crippen MR) is 62.8 cm³/mol. The summed E-state index contributed by atoms with van der Waals surface area (Å²) in [6.45, 7) is 7.38. The Balaban J connectivity index is 1.99. The number of carbonyl (C=O) groups is 1. The summed E-state index contributed by atoms with van der Waals surface area (Å²) in [5.41, 5.74) is 0. The van der Waals surface area contributed by atoms with Gasteiger partial charge in [-0.05, 0) is 32.7 Å². The molecule has 1 atom stereocenters. The molecule has 0 saturated carbocycles. The molecule has 1 unspecified atom stereocenters. The van der Waals surface area contributed by atoms with Gasteiger partial charge in [0.15, 0.2) is 0 Å². The molecule has 0 spiro atoms. The highest BCUT2D eigenvalue weighted by molar-refractivity contribution is 5.77.